The highest BCUT2D eigenvalue weighted by Crippen LogP contribution is 2.29. The zero-order valence-corrected chi connectivity index (χ0v) is 11.1. The zero-order chi connectivity index (χ0) is 14.3. The molecule has 0 aliphatic carbocycles. The Bertz CT molecular complexity index is 552. The maximum atomic E-state index is 12.6. The highest BCUT2D eigenvalue weighted by atomic mass is 16.2. The highest BCUT2D eigenvalue weighted by molar-refractivity contribution is 5.97. The maximum absolute atomic E-state index is 12.6. The predicted molar refractivity (Wildman–Crippen MR) is 75.8 cm³/mol. The van der Waals surface area contributed by atoms with E-state index in [1.54, 1.807) is 23.1 Å². The van der Waals surface area contributed by atoms with Gasteiger partial charge in [-0.3, -0.25) is 9.59 Å². The number of hydrogen-bond acceptors (Lipinski definition) is 4. The van der Waals surface area contributed by atoms with Crippen LogP contribution in [0.5, 0.6) is 0 Å². The van der Waals surface area contributed by atoms with Crippen molar-refractivity contribution < 1.29 is 9.59 Å². The SMILES string of the molecule is Nc1cc(N)cc(C(=O)N2CCCC3C(=O)NCC32)c1. The fourth-order valence-electron chi connectivity index (χ4n) is 3.17. The van der Waals surface area contributed by atoms with Crippen molar-refractivity contribution in [1.82, 2.24) is 10.2 Å². The van der Waals surface area contributed by atoms with E-state index < -0.39 is 0 Å². The maximum Gasteiger partial charge on any atom is 0.254 e. The lowest BCUT2D eigenvalue weighted by Crippen LogP contribution is -2.48. The molecule has 6 nitrogen and oxygen atoms in total. The van der Waals surface area contributed by atoms with E-state index in [0.717, 1.165) is 12.8 Å². The lowest BCUT2D eigenvalue weighted by molar-refractivity contribution is -0.123. The molecule has 2 heterocycles. The Labute approximate surface area is 117 Å². The smallest absolute Gasteiger partial charge is 0.254 e. The Morgan fingerprint density at radius 2 is 1.95 bits per heavy atom. The van der Waals surface area contributed by atoms with E-state index in [1.807, 2.05) is 0 Å². The van der Waals surface area contributed by atoms with Crippen LogP contribution in [0.3, 0.4) is 0 Å². The fourth-order valence-corrected chi connectivity index (χ4v) is 3.17. The molecular weight excluding hydrogens is 256 g/mol. The van der Waals surface area contributed by atoms with E-state index >= 15 is 0 Å². The lowest BCUT2D eigenvalue weighted by atomic mass is 9.91. The summed E-state index contributed by atoms with van der Waals surface area (Å²) in [5.41, 5.74) is 12.9. The minimum Gasteiger partial charge on any atom is -0.399 e. The van der Waals surface area contributed by atoms with E-state index in [1.165, 1.54) is 0 Å². The number of carbonyl (C=O) groups excluding carboxylic acids is 2. The molecule has 2 unspecified atom stereocenters. The highest BCUT2D eigenvalue weighted by Gasteiger charge is 2.42. The number of nitrogens with two attached hydrogens (primary N) is 2. The van der Waals surface area contributed by atoms with E-state index in [-0.39, 0.29) is 23.8 Å². The Balaban J connectivity index is 1.88. The Morgan fingerprint density at radius 1 is 1.25 bits per heavy atom. The number of nitrogens with zero attached hydrogens (tertiary/aromatic N) is 1. The molecule has 2 aliphatic rings. The van der Waals surface area contributed by atoms with Crippen LogP contribution in [-0.4, -0.2) is 35.8 Å². The molecule has 2 fully saturated rings. The molecule has 0 aromatic heterocycles. The van der Waals surface area contributed by atoms with Crippen molar-refractivity contribution in [2.45, 2.75) is 18.9 Å². The molecule has 1 aromatic carbocycles. The van der Waals surface area contributed by atoms with Gasteiger partial charge in [-0.1, -0.05) is 0 Å². The first-order valence-corrected chi connectivity index (χ1v) is 6.81. The van der Waals surface area contributed by atoms with Crippen molar-refractivity contribution in [2.75, 3.05) is 24.6 Å². The average Bonchev–Trinajstić information content (AvgIpc) is 2.79. The second kappa shape index (κ2) is 4.70. The minimum absolute atomic E-state index is 0.0496. The molecule has 6 heteroatoms. The molecular formula is C14H18N4O2. The quantitative estimate of drug-likeness (QED) is 0.637. The third kappa shape index (κ3) is 2.07. The van der Waals surface area contributed by atoms with Crippen LogP contribution < -0.4 is 16.8 Å². The number of benzene rings is 1. The van der Waals surface area contributed by atoms with Crippen LogP contribution in [0, 0.1) is 5.92 Å². The van der Waals surface area contributed by atoms with Crippen LogP contribution >= 0.6 is 0 Å². The first kappa shape index (κ1) is 12.8. The van der Waals surface area contributed by atoms with Gasteiger partial charge in [0.1, 0.15) is 0 Å². The van der Waals surface area contributed by atoms with E-state index in [0.29, 0.717) is 30.0 Å². The van der Waals surface area contributed by atoms with Gasteiger partial charge in [0, 0.05) is 30.0 Å². The first-order chi connectivity index (χ1) is 9.56. The monoisotopic (exact) mass is 274 g/mol. The molecule has 0 spiro atoms. The summed E-state index contributed by atoms with van der Waals surface area (Å²) in [4.78, 5) is 26.1. The number of hydrogen-bond donors (Lipinski definition) is 3. The van der Waals surface area contributed by atoms with Gasteiger partial charge >= 0.3 is 0 Å². The number of piperidine rings is 1. The number of carbonyl (C=O) groups is 2. The lowest BCUT2D eigenvalue weighted by Gasteiger charge is -2.36. The summed E-state index contributed by atoms with van der Waals surface area (Å²) in [6.45, 7) is 1.21. The van der Waals surface area contributed by atoms with Gasteiger partial charge in [-0.15, -0.1) is 0 Å². The fraction of sp³-hybridized carbons (Fsp3) is 0.429. The van der Waals surface area contributed by atoms with Gasteiger partial charge in [-0.2, -0.15) is 0 Å². The van der Waals surface area contributed by atoms with Gasteiger partial charge < -0.3 is 21.7 Å². The van der Waals surface area contributed by atoms with Crippen molar-refractivity contribution in [3.8, 4) is 0 Å². The molecule has 2 aliphatic heterocycles. The molecule has 2 atom stereocenters. The summed E-state index contributed by atoms with van der Waals surface area (Å²) >= 11 is 0. The summed E-state index contributed by atoms with van der Waals surface area (Å²) in [5.74, 6) is -0.124. The molecule has 2 amide bonds. The third-order valence-electron chi connectivity index (χ3n) is 4.09. The van der Waals surface area contributed by atoms with Crippen LogP contribution in [0.4, 0.5) is 11.4 Å². The van der Waals surface area contributed by atoms with Crippen molar-refractivity contribution in [3.63, 3.8) is 0 Å². The van der Waals surface area contributed by atoms with Crippen molar-refractivity contribution in [3.05, 3.63) is 23.8 Å². The third-order valence-corrected chi connectivity index (χ3v) is 4.09. The Hall–Kier alpha value is -2.24. The van der Waals surface area contributed by atoms with E-state index in [4.69, 9.17) is 11.5 Å². The standard InChI is InChI=1S/C14H18N4O2/c15-9-4-8(5-10(16)6-9)14(20)18-3-1-2-11-12(18)7-17-13(11)19/h4-6,11-12H,1-3,7,15-16H2,(H,17,19). The number of fused-ring (bicyclic) bond motifs is 1. The second-order valence-corrected chi connectivity index (χ2v) is 5.45. The van der Waals surface area contributed by atoms with E-state index in [2.05, 4.69) is 5.32 Å². The van der Waals surface area contributed by atoms with Crippen LogP contribution in [0.2, 0.25) is 0 Å². The van der Waals surface area contributed by atoms with Crippen molar-refractivity contribution in [2.24, 2.45) is 5.92 Å². The average molecular weight is 274 g/mol. The summed E-state index contributed by atoms with van der Waals surface area (Å²) < 4.78 is 0. The molecule has 20 heavy (non-hydrogen) atoms. The van der Waals surface area contributed by atoms with Gasteiger partial charge in [0.25, 0.3) is 5.91 Å². The van der Waals surface area contributed by atoms with Gasteiger partial charge in [0.2, 0.25) is 5.91 Å². The van der Waals surface area contributed by atoms with Gasteiger partial charge in [-0.05, 0) is 31.0 Å². The van der Waals surface area contributed by atoms with Gasteiger partial charge in [-0.25, -0.2) is 0 Å². The van der Waals surface area contributed by atoms with Crippen LogP contribution in [0.1, 0.15) is 23.2 Å². The van der Waals surface area contributed by atoms with Crippen LogP contribution in [0.25, 0.3) is 0 Å². The Kier molecular flexibility index (Phi) is 3.00. The summed E-state index contributed by atoms with van der Waals surface area (Å²) in [7, 11) is 0. The molecule has 0 bridgehead atoms. The van der Waals surface area contributed by atoms with Crippen molar-refractivity contribution >= 4 is 23.2 Å². The molecule has 0 saturated carbocycles. The van der Waals surface area contributed by atoms with Crippen molar-refractivity contribution in [1.29, 1.82) is 0 Å². The first-order valence-electron chi connectivity index (χ1n) is 6.81. The largest absolute Gasteiger partial charge is 0.399 e. The molecule has 2 saturated heterocycles. The number of amides is 2. The molecule has 5 N–H and O–H groups in total. The number of nitrogen functional groups attached to an aromatic ring is 2. The molecule has 0 radical (unpaired) electrons. The second-order valence-electron chi connectivity index (χ2n) is 5.45. The molecule has 3 rings (SSSR count). The normalized spacial score (nSPS) is 25.2. The summed E-state index contributed by atoms with van der Waals surface area (Å²) in [5, 5.41) is 2.84. The number of anilines is 2. The zero-order valence-electron chi connectivity index (χ0n) is 11.1. The summed E-state index contributed by atoms with van der Waals surface area (Å²) in [6, 6.07) is 4.83. The van der Waals surface area contributed by atoms with Gasteiger partial charge in [0.05, 0.1) is 12.0 Å². The topological polar surface area (TPSA) is 101 Å². The van der Waals surface area contributed by atoms with E-state index in [9.17, 15) is 9.59 Å². The number of likely N-dealkylation sites (tertiary alicyclic amines) is 1. The van der Waals surface area contributed by atoms with Gasteiger partial charge in [0.15, 0.2) is 0 Å². The predicted octanol–water partition coefficient (Wildman–Crippen LogP) is 0.202. The van der Waals surface area contributed by atoms with Crippen LogP contribution in [0.15, 0.2) is 18.2 Å². The van der Waals surface area contributed by atoms with Crippen LogP contribution in [-0.2, 0) is 4.79 Å². The number of nitrogens with one attached hydrogen (secondary N) is 1. The molecule has 106 valence electrons. The Morgan fingerprint density at radius 3 is 2.65 bits per heavy atom. The minimum atomic E-state index is -0.102. The molecule has 1 aromatic rings. The number of rotatable bonds is 1. The summed E-state index contributed by atoms with van der Waals surface area (Å²) in [6.07, 6.45) is 1.69.